The zero-order chi connectivity index (χ0) is 14.9. The molecule has 2 heterocycles. The van der Waals surface area contributed by atoms with Crippen molar-refractivity contribution < 1.29 is 23.4 Å². The Labute approximate surface area is 119 Å². The molecule has 0 saturated carbocycles. The van der Waals surface area contributed by atoms with Crippen LogP contribution in [0.1, 0.15) is 5.56 Å². The number of hydrogen-bond acceptors (Lipinski definition) is 4. The Morgan fingerprint density at radius 2 is 2.29 bits per heavy atom. The summed E-state index contributed by atoms with van der Waals surface area (Å²) in [7, 11) is 0. The first-order valence-electron chi connectivity index (χ1n) is 6.47. The standard InChI is InChI=1S/C14H14F2N2O3/c15-10-1-2-12(13(16)5-10)14(8-18-4-3-17-9-18)20-7-11(6-19)21-14/h1-5,9,11,19H,6-8H2/t11-,14+/m0/s1. The highest BCUT2D eigenvalue weighted by Crippen LogP contribution is 2.37. The lowest BCUT2D eigenvalue weighted by Crippen LogP contribution is -2.34. The fourth-order valence-corrected chi connectivity index (χ4v) is 2.38. The monoisotopic (exact) mass is 296 g/mol. The van der Waals surface area contributed by atoms with Crippen LogP contribution in [0.15, 0.2) is 36.9 Å². The molecule has 2 atom stereocenters. The number of aromatic nitrogens is 2. The zero-order valence-electron chi connectivity index (χ0n) is 11.1. The van der Waals surface area contributed by atoms with E-state index in [1.54, 1.807) is 23.3 Å². The molecule has 0 aliphatic carbocycles. The van der Waals surface area contributed by atoms with Gasteiger partial charge in [-0.1, -0.05) is 0 Å². The molecule has 3 rings (SSSR count). The van der Waals surface area contributed by atoms with E-state index in [0.29, 0.717) is 0 Å². The number of halogens is 2. The van der Waals surface area contributed by atoms with Crippen molar-refractivity contribution in [2.45, 2.75) is 18.4 Å². The minimum Gasteiger partial charge on any atom is -0.394 e. The zero-order valence-corrected chi connectivity index (χ0v) is 11.1. The van der Waals surface area contributed by atoms with E-state index >= 15 is 0 Å². The number of aliphatic hydroxyl groups is 1. The average molecular weight is 296 g/mol. The van der Waals surface area contributed by atoms with Crippen LogP contribution in [0.5, 0.6) is 0 Å². The predicted molar refractivity (Wildman–Crippen MR) is 68.2 cm³/mol. The number of hydrogen-bond donors (Lipinski definition) is 1. The van der Waals surface area contributed by atoms with Gasteiger partial charge in [-0.25, -0.2) is 13.8 Å². The highest BCUT2D eigenvalue weighted by molar-refractivity contribution is 5.24. The third-order valence-corrected chi connectivity index (χ3v) is 3.35. The second-order valence-corrected chi connectivity index (χ2v) is 4.85. The number of benzene rings is 1. The maximum absolute atomic E-state index is 14.1. The number of imidazole rings is 1. The number of nitrogens with zero attached hydrogens (tertiary/aromatic N) is 2. The van der Waals surface area contributed by atoms with Crippen molar-refractivity contribution >= 4 is 0 Å². The lowest BCUT2D eigenvalue weighted by molar-refractivity contribution is -0.191. The van der Waals surface area contributed by atoms with Crippen LogP contribution in [0, 0.1) is 11.6 Å². The second-order valence-electron chi connectivity index (χ2n) is 4.85. The van der Waals surface area contributed by atoms with Crippen LogP contribution in [-0.2, 0) is 21.8 Å². The van der Waals surface area contributed by atoms with Gasteiger partial charge in [0.05, 0.1) is 26.1 Å². The summed E-state index contributed by atoms with van der Waals surface area (Å²) >= 11 is 0. The van der Waals surface area contributed by atoms with Gasteiger partial charge in [0.25, 0.3) is 0 Å². The number of aliphatic hydroxyl groups excluding tert-OH is 1. The summed E-state index contributed by atoms with van der Waals surface area (Å²) in [5.74, 6) is -2.84. The molecule has 7 heteroatoms. The van der Waals surface area contributed by atoms with E-state index in [1.807, 2.05) is 0 Å². The van der Waals surface area contributed by atoms with Crippen LogP contribution in [0.25, 0.3) is 0 Å². The van der Waals surface area contributed by atoms with E-state index in [9.17, 15) is 13.9 Å². The molecule has 0 bridgehead atoms. The summed E-state index contributed by atoms with van der Waals surface area (Å²) in [6.07, 6.45) is 4.25. The Balaban J connectivity index is 1.99. The van der Waals surface area contributed by atoms with Crippen LogP contribution in [-0.4, -0.2) is 34.0 Å². The van der Waals surface area contributed by atoms with Crippen LogP contribution in [0.3, 0.4) is 0 Å². The van der Waals surface area contributed by atoms with Crippen molar-refractivity contribution in [2.75, 3.05) is 13.2 Å². The number of ether oxygens (including phenoxy) is 2. The van der Waals surface area contributed by atoms with E-state index in [4.69, 9.17) is 9.47 Å². The molecule has 5 nitrogen and oxygen atoms in total. The highest BCUT2D eigenvalue weighted by atomic mass is 19.1. The predicted octanol–water partition coefficient (Wildman–Crippen LogP) is 1.42. The molecular weight excluding hydrogens is 282 g/mol. The van der Waals surface area contributed by atoms with Crippen molar-refractivity contribution in [3.8, 4) is 0 Å². The lowest BCUT2D eigenvalue weighted by atomic mass is 10.0. The third-order valence-electron chi connectivity index (χ3n) is 3.35. The first-order chi connectivity index (χ1) is 10.1. The van der Waals surface area contributed by atoms with Gasteiger partial charge >= 0.3 is 0 Å². The van der Waals surface area contributed by atoms with Gasteiger partial charge < -0.3 is 19.1 Å². The molecule has 1 aromatic heterocycles. The Morgan fingerprint density at radius 1 is 1.43 bits per heavy atom. The SMILES string of the molecule is OC[C@H]1CO[C@@](Cn2ccnc2)(c2ccc(F)cc2F)O1. The van der Waals surface area contributed by atoms with Gasteiger partial charge in [0, 0.05) is 24.0 Å². The number of rotatable bonds is 4. The Hall–Kier alpha value is -1.83. The van der Waals surface area contributed by atoms with Gasteiger partial charge in [-0.15, -0.1) is 0 Å². The largest absolute Gasteiger partial charge is 0.394 e. The summed E-state index contributed by atoms with van der Waals surface area (Å²) < 4.78 is 40.2. The van der Waals surface area contributed by atoms with E-state index in [-0.39, 0.29) is 25.3 Å². The fraction of sp³-hybridized carbons (Fsp3) is 0.357. The molecule has 0 spiro atoms. The van der Waals surface area contributed by atoms with Crippen molar-refractivity contribution in [1.82, 2.24) is 9.55 Å². The maximum atomic E-state index is 14.1. The molecule has 1 saturated heterocycles. The van der Waals surface area contributed by atoms with E-state index < -0.39 is 23.5 Å². The van der Waals surface area contributed by atoms with Gasteiger partial charge in [-0.05, 0) is 12.1 Å². The van der Waals surface area contributed by atoms with Crippen LogP contribution in [0.2, 0.25) is 0 Å². The van der Waals surface area contributed by atoms with E-state index in [2.05, 4.69) is 4.98 Å². The van der Waals surface area contributed by atoms with Gasteiger partial charge in [-0.3, -0.25) is 0 Å². The lowest BCUT2D eigenvalue weighted by Gasteiger charge is -2.29. The molecule has 1 aliphatic heterocycles. The smallest absolute Gasteiger partial charge is 0.216 e. The van der Waals surface area contributed by atoms with E-state index in [0.717, 1.165) is 12.1 Å². The van der Waals surface area contributed by atoms with Crippen molar-refractivity contribution in [1.29, 1.82) is 0 Å². The van der Waals surface area contributed by atoms with Gasteiger partial charge in [0.1, 0.15) is 17.7 Å². The molecule has 0 radical (unpaired) electrons. The molecule has 2 aromatic rings. The summed E-state index contributed by atoms with van der Waals surface area (Å²) in [6, 6.07) is 3.22. The topological polar surface area (TPSA) is 56.5 Å². The fourth-order valence-electron chi connectivity index (χ4n) is 2.38. The Bertz CT molecular complexity index is 621. The van der Waals surface area contributed by atoms with Crippen molar-refractivity contribution in [3.05, 3.63) is 54.1 Å². The Kier molecular flexibility index (Phi) is 3.71. The first kappa shape index (κ1) is 14.1. The van der Waals surface area contributed by atoms with Crippen molar-refractivity contribution in [3.63, 3.8) is 0 Å². The molecule has 1 aromatic carbocycles. The third kappa shape index (κ3) is 2.67. The Morgan fingerprint density at radius 3 is 2.90 bits per heavy atom. The maximum Gasteiger partial charge on any atom is 0.216 e. The van der Waals surface area contributed by atoms with Crippen LogP contribution < -0.4 is 0 Å². The van der Waals surface area contributed by atoms with Gasteiger partial charge in [0.15, 0.2) is 0 Å². The van der Waals surface area contributed by atoms with Gasteiger partial charge in [-0.2, -0.15) is 0 Å². The highest BCUT2D eigenvalue weighted by Gasteiger charge is 2.45. The molecule has 1 N–H and O–H groups in total. The minimum absolute atomic E-state index is 0.0913. The van der Waals surface area contributed by atoms with Gasteiger partial charge in [0.2, 0.25) is 5.79 Å². The first-order valence-corrected chi connectivity index (χ1v) is 6.47. The molecular formula is C14H14F2N2O3. The molecule has 0 amide bonds. The second kappa shape index (κ2) is 5.51. The summed E-state index contributed by atoms with van der Waals surface area (Å²) in [6.45, 7) is 0.0303. The quantitative estimate of drug-likeness (QED) is 0.927. The normalized spacial score (nSPS) is 25.4. The molecule has 21 heavy (non-hydrogen) atoms. The molecule has 112 valence electrons. The summed E-state index contributed by atoms with van der Waals surface area (Å²) in [4.78, 5) is 3.91. The average Bonchev–Trinajstić information content (AvgIpc) is 3.09. The molecule has 1 aliphatic rings. The van der Waals surface area contributed by atoms with Crippen LogP contribution >= 0.6 is 0 Å². The summed E-state index contributed by atoms with van der Waals surface area (Å²) in [5, 5.41) is 9.21. The van der Waals surface area contributed by atoms with Crippen LogP contribution in [0.4, 0.5) is 8.78 Å². The van der Waals surface area contributed by atoms with Crippen molar-refractivity contribution in [2.24, 2.45) is 0 Å². The molecule has 1 fully saturated rings. The van der Waals surface area contributed by atoms with E-state index in [1.165, 1.54) is 6.07 Å². The molecule has 0 unspecified atom stereocenters. The minimum atomic E-state index is -1.41. The summed E-state index contributed by atoms with van der Waals surface area (Å²) in [5.41, 5.74) is 0.0913.